The molecule has 0 saturated carbocycles. The molecule has 0 aliphatic carbocycles. The number of hydrogen-bond donors (Lipinski definition) is 2. The number of aryl methyl sites for hydroxylation is 2. The summed E-state index contributed by atoms with van der Waals surface area (Å²) in [5, 5.41) is 5.28. The highest BCUT2D eigenvalue weighted by atomic mass is 32.1. The molecule has 2 N–H and O–H groups in total. The molecule has 3 aromatic rings. The number of carbonyl (C=O) groups excluding carboxylic acids is 1. The van der Waals surface area contributed by atoms with Crippen LogP contribution in [0.1, 0.15) is 33.2 Å². The topological polar surface area (TPSA) is 33.5 Å². The molecule has 0 bridgehead atoms. The summed E-state index contributed by atoms with van der Waals surface area (Å²) in [7, 11) is 2.07. The van der Waals surface area contributed by atoms with Gasteiger partial charge in [0.05, 0.1) is 13.1 Å². The fourth-order valence-corrected chi connectivity index (χ4v) is 4.14. The Kier molecular flexibility index (Phi) is 6.43. The third kappa shape index (κ3) is 5.28. The van der Waals surface area contributed by atoms with E-state index >= 15 is 0 Å². The Hall–Kier alpha value is -2.43. The fraction of sp³-hybridized carbons (Fsp3) is 0.261. The van der Waals surface area contributed by atoms with Crippen LogP contribution in [-0.4, -0.2) is 19.5 Å². The Morgan fingerprint density at radius 3 is 2.52 bits per heavy atom. The highest BCUT2D eigenvalue weighted by molar-refractivity contribution is 7.10. The summed E-state index contributed by atoms with van der Waals surface area (Å²) in [5.41, 5.74) is 4.97. The Labute approximate surface area is 165 Å². The maximum absolute atomic E-state index is 12.7. The number of benzene rings is 2. The van der Waals surface area contributed by atoms with Crippen LogP contribution in [0.2, 0.25) is 0 Å². The number of hydrogen-bond acceptors (Lipinski definition) is 2. The third-order valence-corrected chi connectivity index (χ3v) is 5.66. The van der Waals surface area contributed by atoms with Crippen molar-refractivity contribution in [2.45, 2.75) is 26.4 Å². The molecule has 1 amide bonds. The minimum absolute atomic E-state index is 0.0690. The van der Waals surface area contributed by atoms with Crippen molar-refractivity contribution in [3.05, 3.63) is 93.2 Å². The van der Waals surface area contributed by atoms with E-state index < -0.39 is 0 Å². The summed E-state index contributed by atoms with van der Waals surface area (Å²) < 4.78 is 0. The summed E-state index contributed by atoms with van der Waals surface area (Å²) in [6.45, 7) is 5.53. The molecule has 140 valence electrons. The van der Waals surface area contributed by atoms with Gasteiger partial charge in [-0.2, -0.15) is 0 Å². The molecule has 2 atom stereocenters. The number of amides is 1. The van der Waals surface area contributed by atoms with Crippen molar-refractivity contribution in [1.82, 2.24) is 5.32 Å². The molecule has 0 aliphatic heterocycles. The van der Waals surface area contributed by atoms with Gasteiger partial charge in [-0.05, 0) is 36.4 Å². The highest BCUT2D eigenvalue weighted by Gasteiger charge is 2.20. The van der Waals surface area contributed by atoms with Crippen LogP contribution in [-0.2, 0) is 11.3 Å². The Balaban J connectivity index is 1.65. The van der Waals surface area contributed by atoms with Gasteiger partial charge in [0.25, 0.3) is 5.91 Å². The van der Waals surface area contributed by atoms with Gasteiger partial charge in [0.1, 0.15) is 6.54 Å². The highest BCUT2D eigenvalue weighted by Crippen LogP contribution is 2.25. The van der Waals surface area contributed by atoms with E-state index in [0.717, 1.165) is 17.0 Å². The largest absolute Gasteiger partial charge is 0.339 e. The SMILES string of the molecule is Cc1ccc(C[NH+](C)CC(=O)N[C@H](c2ccccc2)c2cccs2)c(C)c1. The molecule has 0 radical (unpaired) electrons. The maximum atomic E-state index is 12.7. The van der Waals surface area contributed by atoms with Gasteiger partial charge < -0.3 is 10.2 Å². The van der Waals surface area contributed by atoms with Gasteiger partial charge >= 0.3 is 0 Å². The average molecular weight is 380 g/mol. The third-order valence-electron chi connectivity index (χ3n) is 4.72. The number of thiophene rings is 1. The van der Waals surface area contributed by atoms with Crippen LogP contribution in [0.25, 0.3) is 0 Å². The quantitative estimate of drug-likeness (QED) is 0.649. The summed E-state index contributed by atoms with van der Waals surface area (Å²) in [6, 6.07) is 20.7. The fourth-order valence-electron chi connectivity index (χ4n) is 3.34. The van der Waals surface area contributed by atoms with E-state index in [1.54, 1.807) is 11.3 Å². The molecule has 1 unspecified atom stereocenters. The molecule has 27 heavy (non-hydrogen) atoms. The van der Waals surface area contributed by atoms with Gasteiger partial charge in [0.2, 0.25) is 0 Å². The summed E-state index contributed by atoms with van der Waals surface area (Å²) in [5.74, 6) is 0.0690. The number of rotatable bonds is 7. The van der Waals surface area contributed by atoms with Crippen LogP contribution in [0.5, 0.6) is 0 Å². The molecule has 0 fully saturated rings. The van der Waals surface area contributed by atoms with Crippen molar-refractivity contribution in [2.24, 2.45) is 0 Å². The van der Waals surface area contributed by atoms with Crippen LogP contribution >= 0.6 is 11.3 Å². The van der Waals surface area contributed by atoms with Crippen molar-refractivity contribution in [3.63, 3.8) is 0 Å². The van der Waals surface area contributed by atoms with E-state index in [-0.39, 0.29) is 11.9 Å². The van der Waals surface area contributed by atoms with Gasteiger partial charge in [0.15, 0.2) is 6.54 Å². The van der Waals surface area contributed by atoms with Crippen LogP contribution < -0.4 is 10.2 Å². The maximum Gasteiger partial charge on any atom is 0.275 e. The van der Waals surface area contributed by atoms with Crippen LogP contribution in [0, 0.1) is 13.8 Å². The van der Waals surface area contributed by atoms with Crippen molar-refractivity contribution in [2.75, 3.05) is 13.6 Å². The first-order valence-corrected chi connectivity index (χ1v) is 10.2. The van der Waals surface area contributed by atoms with E-state index in [9.17, 15) is 4.79 Å². The lowest BCUT2D eigenvalue weighted by Gasteiger charge is -2.20. The van der Waals surface area contributed by atoms with E-state index in [0.29, 0.717) is 6.54 Å². The molecule has 3 rings (SSSR count). The van der Waals surface area contributed by atoms with Crippen molar-refractivity contribution >= 4 is 17.2 Å². The van der Waals surface area contributed by atoms with Crippen molar-refractivity contribution in [1.29, 1.82) is 0 Å². The number of carbonyl (C=O) groups is 1. The first kappa shape index (κ1) is 19.3. The molecule has 1 aromatic heterocycles. The van der Waals surface area contributed by atoms with Gasteiger partial charge in [-0.25, -0.2) is 0 Å². The van der Waals surface area contributed by atoms with Crippen LogP contribution in [0.4, 0.5) is 0 Å². The Morgan fingerprint density at radius 1 is 1.07 bits per heavy atom. The second kappa shape index (κ2) is 8.98. The minimum Gasteiger partial charge on any atom is -0.339 e. The molecule has 0 saturated heterocycles. The van der Waals surface area contributed by atoms with Gasteiger partial charge in [-0.3, -0.25) is 4.79 Å². The van der Waals surface area contributed by atoms with E-state index in [1.165, 1.54) is 21.6 Å². The van der Waals surface area contributed by atoms with Gasteiger partial charge in [-0.1, -0.05) is 60.2 Å². The molecule has 0 aliphatic rings. The van der Waals surface area contributed by atoms with E-state index in [2.05, 4.69) is 68.0 Å². The Morgan fingerprint density at radius 2 is 1.85 bits per heavy atom. The first-order chi connectivity index (χ1) is 13.0. The normalized spacial score (nSPS) is 13.1. The lowest BCUT2D eigenvalue weighted by atomic mass is 10.0. The second-order valence-electron chi connectivity index (χ2n) is 7.17. The van der Waals surface area contributed by atoms with Crippen LogP contribution in [0.15, 0.2) is 66.0 Å². The van der Waals surface area contributed by atoms with E-state index in [4.69, 9.17) is 0 Å². The molecular formula is C23H27N2OS+. The van der Waals surface area contributed by atoms with Gasteiger partial charge in [-0.15, -0.1) is 11.3 Å². The summed E-state index contributed by atoms with van der Waals surface area (Å²) in [6.07, 6.45) is 0. The molecule has 0 spiro atoms. The molecule has 3 nitrogen and oxygen atoms in total. The minimum atomic E-state index is -0.0902. The number of likely N-dealkylation sites (N-methyl/N-ethyl adjacent to an activating group) is 1. The van der Waals surface area contributed by atoms with Gasteiger partial charge in [0, 0.05) is 10.4 Å². The second-order valence-corrected chi connectivity index (χ2v) is 8.15. The van der Waals surface area contributed by atoms with Crippen molar-refractivity contribution < 1.29 is 9.69 Å². The Bertz CT molecular complexity index is 875. The number of nitrogens with one attached hydrogen (secondary N) is 2. The predicted octanol–water partition coefficient (Wildman–Crippen LogP) is 3.29. The zero-order valence-corrected chi connectivity index (χ0v) is 17.0. The smallest absolute Gasteiger partial charge is 0.275 e. The average Bonchev–Trinajstić information content (AvgIpc) is 3.17. The summed E-state index contributed by atoms with van der Waals surface area (Å²) in [4.78, 5) is 15.1. The molecule has 2 aromatic carbocycles. The summed E-state index contributed by atoms with van der Waals surface area (Å²) >= 11 is 1.67. The van der Waals surface area contributed by atoms with Crippen molar-refractivity contribution in [3.8, 4) is 0 Å². The zero-order valence-electron chi connectivity index (χ0n) is 16.2. The molecular weight excluding hydrogens is 352 g/mol. The lowest BCUT2D eigenvalue weighted by molar-refractivity contribution is -0.885. The standard InChI is InChI=1S/C23H26N2OS/c1-17-11-12-20(18(2)14-17)15-25(3)16-22(26)24-23(21-10-7-13-27-21)19-8-5-4-6-9-19/h4-14,23H,15-16H2,1-3H3,(H,24,26)/p+1/t23-/m1/s1. The van der Waals surface area contributed by atoms with Crippen LogP contribution in [0.3, 0.4) is 0 Å². The van der Waals surface area contributed by atoms with E-state index in [1.807, 2.05) is 24.3 Å². The lowest BCUT2D eigenvalue weighted by Crippen LogP contribution is -3.09. The molecule has 4 heteroatoms. The predicted molar refractivity (Wildman–Crippen MR) is 112 cm³/mol. The zero-order chi connectivity index (χ0) is 19.2. The monoisotopic (exact) mass is 379 g/mol. The first-order valence-electron chi connectivity index (χ1n) is 9.28. The molecule has 1 heterocycles. The number of quaternary nitrogens is 1.